The second kappa shape index (κ2) is 30.9. The molecule has 0 saturated carbocycles. The van der Waals surface area contributed by atoms with Crippen LogP contribution in [0.1, 0.15) is 104 Å². The quantitative estimate of drug-likeness (QED) is 0.0547. The summed E-state index contributed by atoms with van der Waals surface area (Å²) in [6.07, 6.45) is 14.9. The average molecular weight is 1050 g/mol. The van der Waals surface area contributed by atoms with E-state index in [0.29, 0.717) is 27.1 Å². The first-order valence-electron chi connectivity index (χ1n) is 18.8. The molecule has 0 unspecified atom stereocenters. The van der Waals surface area contributed by atoms with Crippen molar-refractivity contribution in [2.24, 2.45) is 0 Å². The van der Waals surface area contributed by atoms with Crippen LogP contribution in [0.25, 0.3) is 0 Å². The zero-order valence-corrected chi connectivity index (χ0v) is 38.0. The molecule has 312 valence electrons. The molecule has 4 aromatic rings. The molecule has 0 heterocycles. The van der Waals surface area contributed by atoms with E-state index in [-0.39, 0.29) is 34.8 Å². The minimum Gasteiger partial charge on any atom is -0.748 e. The summed E-state index contributed by atoms with van der Waals surface area (Å²) in [7, 11) is -7.94. The van der Waals surface area contributed by atoms with Crippen LogP contribution in [0.4, 0.5) is 17.6 Å². The second-order valence-electron chi connectivity index (χ2n) is 12.6. The Hall–Kier alpha value is -2.12. The fraction of sp³-hybridized carbons (Fsp3) is 0.429. The predicted octanol–water partition coefficient (Wildman–Crippen LogP) is 4.75. The van der Waals surface area contributed by atoms with Crippen molar-refractivity contribution in [2.45, 2.75) is 104 Å². The number of benzene rings is 4. The summed E-state index contributed by atoms with van der Waals surface area (Å²) < 4.78 is 117. The van der Waals surface area contributed by atoms with Gasteiger partial charge < -0.3 is 9.11 Å². The fourth-order valence-corrected chi connectivity index (χ4v) is 10.4. The van der Waals surface area contributed by atoms with Crippen molar-refractivity contribution in [1.82, 2.24) is 0 Å². The Labute approximate surface area is 353 Å². The van der Waals surface area contributed by atoms with Gasteiger partial charge in [0.15, 0.2) is 23.3 Å². The minimum atomic E-state index is -3.98. The standard InChI is InChI=1S/2C12H8F2I.C12H26O3S.C6H14O3S/c2*13-9-5-1-3-7-11(9)15-12-8-4-2-6-10(12)14;1-2-3-4-5-6-7-8-9-10-11-12-16(13,14)15;1-2-3-4-5-6-10(7,8)9/h2*1-8H;2-12H2,1H3,(H,13,14,15);2-6H2,1H3,(H,7,8,9)/q2*+1;;/p-2. The van der Waals surface area contributed by atoms with Crippen molar-refractivity contribution in [2.75, 3.05) is 11.5 Å². The number of hydrogen-bond donors (Lipinski definition) is 0. The molecule has 0 saturated heterocycles. The van der Waals surface area contributed by atoms with Crippen LogP contribution in [-0.2, 0) is 20.2 Å². The lowest BCUT2D eigenvalue weighted by molar-refractivity contribution is -0.603. The Kier molecular flexibility index (Phi) is 28.6. The van der Waals surface area contributed by atoms with Crippen molar-refractivity contribution in [3.8, 4) is 0 Å². The molecular formula is C42H54F4I2O6S2. The maximum Gasteiger partial charge on any atom is 0.364 e. The molecule has 0 aliphatic heterocycles. The highest BCUT2D eigenvalue weighted by Gasteiger charge is 2.24. The van der Waals surface area contributed by atoms with E-state index in [9.17, 15) is 43.5 Å². The van der Waals surface area contributed by atoms with Gasteiger partial charge in [0.1, 0.15) is 0 Å². The topological polar surface area (TPSA) is 114 Å². The second-order valence-corrected chi connectivity index (χ2v) is 21.4. The van der Waals surface area contributed by atoms with Crippen LogP contribution < -0.4 is 42.4 Å². The molecule has 56 heavy (non-hydrogen) atoms. The summed E-state index contributed by atoms with van der Waals surface area (Å²) in [6.45, 7) is 4.25. The largest absolute Gasteiger partial charge is 0.748 e. The highest BCUT2D eigenvalue weighted by atomic mass is 127. The molecule has 0 radical (unpaired) electrons. The molecule has 0 aliphatic rings. The zero-order valence-electron chi connectivity index (χ0n) is 32.1. The Morgan fingerprint density at radius 1 is 0.393 bits per heavy atom. The van der Waals surface area contributed by atoms with Crippen molar-refractivity contribution in [1.29, 1.82) is 0 Å². The molecule has 0 amide bonds. The Balaban J connectivity index is 0.000000378. The number of hydrogen-bond acceptors (Lipinski definition) is 6. The van der Waals surface area contributed by atoms with Gasteiger partial charge in [-0.2, -0.15) is 0 Å². The van der Waals surface area contributed by atoms with E-state index >= 15 is 0 Å². The van der Waals surface area contributed by atoms with Crippen molar-refractivity contribution in [3.63, 3.8) is 0 Å². The van der Waals surface area contributed by atoms with E-state index in [4.69, 9.17) is 0 Å². The van der Waals surface area contributed by atoms with Gasteiger partial charge in [-0.1, -0.05) is 139 Å². The third-order valence-electron chi connectivity index (χ3n) is 7.70. The van der Waals surface area contributed by atoms with Crippen LogP contribution in [0.2, 0.25) is 0 Å². The lowest BCUT2D eigenvalue weighted by Crippen LogP contribution is -3.62. The van der Waals surface area contributed by atoms with Gasteiger partial charge in [0.25, 0.3) is 0 Å². The van der Waals surface area contributed by atoms with Gasteiger partial charge in [0.2, 0.25) is 14.3 Å². The molecule has 0 aromatic heterocycles. The van der Waals surface area contributed by atoms with E-state index in [0.717, 1.165) is 32.1 Å². The number of rotatable bonds is 20. The fourth-order valence-electron chi connectivity index (χ4n) is 4.75. The van der Waals surface area contributed by atoms with Crippen molar-refractivity contribution < 1.29 is 85.9 Å². The van der Waals surface area contributed by atoms with E-state index < -0.39 is 62.6 Å². The van der Waals surface area contributed by atoms with Crippen molar-refractivity contribution in [3.05, 3.63) is 135 Å². The Morgan fingerprint density at radius 2 is 0.607 bits per heavy atom. The summed E-state index contributed by atoms with van der Waals surface area (Å²) in [5.41, 5.74) is 0. The van der Waals surface area contributed by atoms with E-state index in [1.54, 1.807) is 72.8 Å². The highest BCUT2D eigenvalue weighted by Crippen LogP contribution is 2.11. The average Bonchev–Trinajstić information content (AvgIpc) is 3.15. The monoisotopic (exact) mass is 1050 g/mol. The van der Waals surface area contributed by atoms with Gasteiger partial charge >= 0.3 is 42.4 Å². The molecule has 0 N–H and O–H groups in total. The highest BCUT2D eigenvalue weighted by molar-refractivity contribution is 7.85. The maximum atomic E-state index is 13.3. The third kappa shape index (κ3) is 27.5. The van der Waals surface area contributed by atoms with Gasteiger partial charge in [-0.15, -0.1) is 0 Å². The first kappa shape index (κ1) is 51.9. The van der Waals surface area contributed by atoms with E-state index in [1.807, 2.05) is 6.92 Å². The first-order chi connectivity index (χ1) is 26.7. The Morgan fingerprint density at radius 3 is 0.839 bits per heavy atom. The molecular weight excluding hydrogens is 994 g/mol. The van der Waals surface area contributed by atoms with Crippen LogP contribution in [0.5, 0.6) is 0 Å². The zero-order chi connectivity index (χ0) is 41.7. The van der Waals surface area contributed by atoms with Gasteiger partial charge in [0, 0.05) is 11.5 Å². The normalized spacial score (nSPS) is 11.0. The van der Waals surface area contributed by atoms with Gasteiger partial charge in [-0.05, 0) is 61.4 Å². The van der Waals surface area contributed by atoms with Crippen LogP contribution in [0.15, 0.2) is 97.1 Å². The van der Waals surface area contributed by atoms with Gasteiger partial charge in [-0.25, -0.2) is 34.4 Å². The molecule has 14 heteroatoms. The first-order valence-corrected chi connectivity index (χ1v) is 26.3. The Bertz CT molecular complexity index is 1690. The SMILES string of the molecule is CCCCCCCCCCCCS(=O)(=O)[O-].CCCCCCS(=O)(=O)[O-].Fc1ccccc1[I+]c1ccccc1F.Fc1ccccc1[I+]c1ccccc1F. The maximum absolute atomic E-state index is 13.3. The van der Waals surface area contributed by atoms with Crippen LogP contribution in [0, 0.1) is 37.5 Å². The van der Waals surface area contributed by atoms with Crippen LogP contribution in [-0.4, -0.2) is 37.4 Å². The van der Waals surface area contributed by atoms with E-state index in [1.165, 1.54) is 69.2 Å². The van der Waals surface area contributed by atoms with Crippen LogP contribution >= 0.6 is 0 Å². The number of unbranched alkanes of at least 4 members (excludes halogenated alkanes) is 12. The minimum absolute atomic E-state index is 0.191. The van der Waals surface area contributed by atoms with Crippen molar-refractivity contribution >= 4 is 20.2 Å². The molecule has 0 spiro atoms. The number of halogens is 6. The molecule has 6 nitrogen and oxygen atoms in total. The molecule has 0 bridgehead atoms. The smallest absolute Gasteiger partial charge is 0.364 e. The lowest BCUT2D eigenvalue weighted by atomic mass is 10.1. The summed E-state index contributed by atoms with van der Waals surface area (Å²) in [6, 6.07) is 26.2. The molecule has 4 rings (SSSR count). The predicted molar refractivity (Wildman–Crippen MR) is 206 cm³/mol. The van der Waals surface area contributed by atoms with E-state index in [2.05, 4.69) is 6.92 Å². The molecule has 0 fully saturated rings. The third-order valence-corrected chi connectivity index (χ3v) is 15.1. The van der Waals surface area contributed by atoms with Crippen LogP contribution in [0.3, 0.4) is 0 Å². The molecule has 4 aromatic carbocycles. The summed E-state index contributed by atoms with van der Waals surface area (Å²) in [5, 5.41) is 0. The summed E-state index contributed by atoms with van der Waals surface area (Å²) in [5.74, 6) is -1.36. The molecule has 0 atom stereocenters. The molecule has 0 aliphatic carbocycles. The van der Waals surface area contributed by atoms with Gasteiger partial charge in [-0.3, -0.25) is 0 Å². The lowest BCUT2D eigenvalue weighted by Gasteiger charge is -2.05. The van der Waals surface area contributed by atoms with Gasteiger partial charge in [0.05, 0.1) is 20.2 Å². The summed E-state index contributed by atoms with van der Waals surface area (Å²) in [4.78, 5) is 0. The summed E-state index contributed by atoms with van der Waals surface area (Å²) >= 11 is -1.53.